The van der Waals surface area contributed by atoms with Crippen molar-refractivity contribution in [3.8, 4) is 0 Å². The summed E-state index contributed by atoms with van der Waals surface area (Å²) < 4.78 is 41.7. The molecule has 0 aromatic heterocycles. The van der Waals surface area contributed by atoms with Gasteiger partial charge in [-0.15, -0.1) is 0 Å². The zero-order valence-electron chi connectivity index (χ0n) is 10.4. The van der Waals surface area contributed by atoms with Crippen molar-refractivity contribution in [2.24, 2.45) is 5.10 Å². The summed E-state index contributed by atoms with van der Waals surface area (Å²) in [6.45, 7) is 3.42. The van der Waals surface area contributed by atoms with Crippen LogP contribution in [0, 0.1) is 0 Å². The van der Waals surface area contributed by atoms with Crippen LogP contribution in [0.1, 0.15) is 25.0 Å². The average Bonchev–Trinajstić information content (AvgIpc) is 2.35. The van der Waals surface area contributed by atoms with Crippen molar-refractivity contribution in [3.63, 3.8) is 0 Å². The van der Waals surface area contributed by atoms with E-state index in [9.17, 15) is 18.0 Å². The highest BCUT2D eigenvalue weighted by Crippen LogP contribution is 2.29. The number of carbonyl (C=O) groups excluding carboxylic acids is 1. The molecule has 0 bridgehead atoms. The molecule has 0 heterocycles. The first kappa shape index (κ1) is 15.0. The molecule has 0 aliphatic heterocycles. The molecule has 0 aliphatic rings. The van der Waals surface area contributed by atoms with Crippen LogP contribution < -0.4 is 5.43 Å². The van der Waals surface area contributed by atoms with Crippen LogP contribution in [-0.2, 0) is 10.9 Å². The second-order valence-electron chi connectivity index (χ2n) is 3.60. The van der Waals surface area contributed by atoms with Crippen LogP contribution in [0.5, 0.6) is 0 Å². The Hall–Kier alpha value is -2.05. The fraction of sp³-hybridized carbons (Fsp3) is 0.333. The maximum atomic E-state index is 12.4. The lowest BCUT2D eigenvalue weighted by Crippen LogP contribution is -2.20. The number of rotatable bonds is 3. The third kappa shape index (κ3) is 4.61. The third-order valence-corrected chi connectivity index (χ3v) is 2.22. The molecule has 4 nitrogen and oxygen atoms in total. The van der Waals surface area contributed by atoms with Gasteiger partial charge in [-0.25, -0.2) is 10.2 Å². The van der Waals surface area contributed by atoms with E-state index in [-0.39, 0.29) is 6.61 Å². The van der Waals surface area contributed by atoms with Crippen LogP contribution in [-0.4, -0.2) is 18.4 Å². The summed E-state index contributed by atoms with van der Waals surface area (Å²) in [5, 5.41) is 3.72. The predicted octanol–water partition coefficient (Wildman–Crippen LogP) is 3.18. The number of hydrogen-bond donors (Lipinski definition) is 1. The van der Waals surface area contributed by atoms with E-state index in [1.807, 2.05) is 0 Å². The smallest absolute Gasteiger partial charge is 0.427 e. The Kier molecular flexibility index (Phi) is 4.91. The number of amides is 1. The van der Waals surface area contributed by atoms with Crippen LogP contribution in [0.15, 0.2) is 29.4 Å². The molecule has 0 spiro atoms. The summed E-state index contributed by atoms with van der Waals surface area (Å²) in [6.07, 6.45) is -5.08. The zero-order valence-corrected chi connectivity index (χ0v) is 10.4. The Morgan fingerprint density at radius 1 is 1.32 bits per heavy atom. The van der Waals surface area contributed by atoms with Crippen molar-refractivity contribution < 1.29 is 22.7 Å². The lowest BCUT2D eigenvalue weighted by molar-refractivity contribution is -0.137. The number of nitrogens with one attached hydrogen (secondary N) is 1. The van der Waals surface area contributed by atoms with Gasteiger partial charge in [0.1, 0.15) is 0 Å². The molecule has 1 rings (SSSR count). The molecule has 1 N–H and O–H groups in total. The fourth-order valence-electron chi connectivity index (χ4n) is 1.26. The zero-order chi connectivity index (χ0) is 14.5. The van der Waals surface area contributed by atoms with Crippen LogP contribution in [0.25, 0.3) is 0 Å². The highest BCUT2D eigenvalue weighted by molar-refractivity contribution is 5.99. The molecule has 0 saturated carbocycles. The molecule has 0 aliphatic carbocycles. The second-order valence-corrected chi connectivity index (χ2v) is 3.60. The number of hydrazone groups is 1. The molecule has 7 heteroatoms. The lowest BCUT2D eigenvalue weighted by Gasteiger charge is -2.07. The van der Waals surface area contributed by atoms with Crippen LogP contribution in [0.2, 0.25) is 0 Å². The summed E-state index contributed by atoms with van der Waals surface area (Å²) in [4.78, 5) is 11.0. The van der Waals surface area contributed by atoms with Gasteiger partial charge in [0.2, 0.25) is 0 Å². The molecular formula is C12H13F3N2O2. The maximum Gasteiger partial charge on any atom is 0.427 e. The summed E-state index contributed by atoms with van der Waals surface area (Å²) in [5.74, 6) is 0. The van der Waals surface area contributed by atoms with Crippen molar-refractivity contribution in [2.75, 3.05) is 6.61 Å². The molecule has 1 aromatic rings. The average molecular weight is 274 g/mol. The van der Waals surface area contributed by atoms with Gasteiger partial charge in [-0.1, -0.05) is 12.1 Å². The van der Waals surface area contributed by atoms with Gasteiger partial charge in [0, 0.05) is 0 Å². The van der Waals surface area contributed by atoms with E-state index in [0.717, 1.165) is 12.1 Å². The minimum Gasteiger partial charge on any atom is -0.449 e. The van der Waals surface area contributed by atoms with Crippen molar-refractivity contribution in [1.82, 2.24) is 5.43 Å². The number of benzene rings is 1. The lowest BCUT2D eigenvalue weighted by atomic mass is 10.1. The Bertz CT molecular complexity index is 467. The first-order valence-corrected chi connectivity index (χ1v) is 5.49. The molecule has 19 heavy (non-hydrogen) atoms. The highest BCUT2D eigenvalue weighted by Gasteiger charge is 2.29. The van der Waals surface area contributed by atoms with E-state index >= 15 is 0 Å². The molecule has 0 unspecified atom stereocenters. The summed E-state index contributed by atoms with van der Waals surface area (Å²) in [6, 6.07) is 4.49. The van der Waals surface area contributed by atoms with Crippen LogP contribution in [0.4, 0.5) is 18.0 Å². The fourth-order valence-corrected chi connectivity index (χ4v) is 1.26. The Balaban J connectivity index is 2.75. The van der Waals surface area contributed by atoms with Crippen LogP contribution in [0.3, 0.4) is 0 Å². The summed E-state index contributed by atoms with van der Waals surface area (Å²) in [7, 11) is 0. The molecule has 0 fully saturated rings. The van der Waals surface area contributed by atoms with Gasteiger partial charge in [-0.2, -0.15) is 18.3 Å². The van der Waals surface area contributed by atoms with E-state index in [2.05, 4.69) is 15.3 Å². The Morgan fingerprint density at radius 3 is 2.37 bits per heavy atom. The van der Waals surface area contributed by atoms with Gasteiger partial charge in [-0.05, 0) is 31.5 Å². The van der Waals surface area contributed by atoms with Gasteiger partial charge < -0.3 is 4.74 Å². The number of nitrogens with zero attached hydrogens (tertiary/aromatic N) is 1. The van der Waals surface area contributed by atoms with Gasteiger partial charge in [0.05, 0.1) is 17.9 Å². The third-order valence-electron chi connectivity index (χ3n) is 2.22. The first-order chi connectivity index (χ1) is 8.84. The SMILES string of the molecule is CCOC(=O)N/N=C(/C)c1ccc(C(F)(F)F)cc1. The highest BCUT2D eigenvalue weighted by atomic mass is 19.4. The largest absolute Gasteiger partial charge is 0.449 e. The van der Waals surface area contributed by atoms with Gasteiger partial charge in [0.15, 0.2) is 0 Å². The van der Waals surface area contributed by atoms with E-state index in [4.69, 9.17) is 0 Å². The normalized spacial score (nSPS) is 12.2. The van der Waals surface area contributed by atoms with Gasteiger partial charge in [-0.3, -0.25) is 0 Å². The van der Waals surface area contributed by atoms with Gasteiger partial charge in [0.25, 0.3) is 0 Å². The number of carbonyl (C=O) groups is 1. The number of alkyl halides is 3. The van der Waals surface area contributed by atoms with Crippen molar-refractivity contribution >= 4 is 11.8 Å². The summed E-state index contributed by atoms with van der Waals surface area (Å²) >= 11 is 0. The molecule has 1 amide bonds. The Labute approximate surface area is 108 Å². The van der Waals surface area contributed by atoms with Crippen LogP contribution >= 0.6 is 0 Å². The molecule has 0 radical (unpaired) electrons. The Morgan fingerprint density at radius 2 is 1.89 bits per heavy atom. The van der Waals surface area contributed by atoms with Crippen molar-refractivity contribution in [1.29, 1.82) is 0 Å². The van der Waals surface area contributed by atoms with E-state index in [1.54, 1.807) is 13.8 Å². The van der Waals surface area contributed by atoms with Crippen molar-refractivity contribution in [3.05, 3.63) is 35.4 Å². The standard InChI is InChI=1S/C12H13F3N2O2/c1-3-19-11(18)17-16-8(2)9-4-6-10(7-5-9)12(13,14)15/h4-7H,3H2,1-2H3,(H,17,18)/b16-8-. The van der Waals surface area contributed by atoms with E-state index in [1.165, 1.54) is 12.1 Å². The number of halogens is 3. The van der Waals surface area contributed by atoms with E-state index in [0.29, 0.717) is 11.3 Å². The second kappa shape index (κ2) is 6.21. The molecule has 0 atom stereocenters. The summed E-state index contributed by atoms with van der Waals surface area (Å²) in [5.41, 5.74) is 2.25. The van der Waals surface area contributed by atoms with Gasteiger partial charge >= 0.3 is 12.3 Å². The monoisotopic (exact) mass is 274 g/mol. The quantitative estimate of drug-likeness (QED) is 0.680. The number of ether oxygens (including phenoxy) is 1. The topological polar surface area (TPSA) is 50.7 Å². The molecule has 1 aromatic carbocycles. The van der Waals surface area contributed by atoms with Crippen molar-refractivity contribution in [2.45, 2.75) is 20.0 Å². The molecular weight excluding hydrogens is 261 g/mol. The minimum atomic E-state index is -4.37. The maximum absolute atomic E-state index is 12.4. The van der Waals surface area contributed by atoms with E-state index < -0.39 is 17.8 Å². The predicted molar refractivity (Wildman–Crippen MR) is 63.8 cm³/mol. The molecule has 104 valence electrons. The molecule has 0 saturated heterocycles. The first-order valence-electron chi connectivity index (χ1n) is 5.49. The minimum absolute atomic E-state index is 0.209. The number of hydrogen-bond acceptors (Lipinski definition) is 3.